The number of nitriles is 1. The van der Waals surface area contributed by atoms with Crippen LogP contribution in [0.3, 0.4) is 0 Å². The molecule has 0 spiro atoms. The van der Waals surface area contributed by atoms with Crippen molar-refractivity contribution in [2.45, 2.75) is 19.3 Å². The molecule has 1 aliphatic carbocycles. The van der Waals surface area contributed by atoms with E-state index in [4.69, 9.17) is 0 Å². The third-order valence-electron chi connectivity index (χ3n) is 3.38. The summed E-state index contributed by atoms with van der Waals surface area (Å²) in [5.74, 6) is -1.37. The third-order valence-corrected chi connectivity index (χ3v) is 4.58. The lowest BCUT2D eigenvalue weighted by Gasteiger charge is -2.08. The molecule has 112 valence electrons. The Labute approximate surface area is 127 Å². The van der Waals surface area contributed by atoms with Crippen molar-refractivity contribution in [2.75, 3.05) is 32.5 Å². The molecule has 7 heteroatoms. The van der Waals surface area contributed by atoms with Crippen molar-refractivity contribution in [2.24, 2.45) is 0 Å². The maximum atomic E-state index is 11.9. The van der Waals surface area contributed by atoms with Gasteiger partial charge in [0.15, 0.2) is 0 Å². The number of rotatable bonds is 4. The van der Waals surface area contributed by atoms with E-state index in [0.29, 0.717) is 17.1 Å². The van der Waals surface area contributed by atoms with E-state index in [1.165, 1.54) is 16.2 Å². The van der Waals surface area contributed by atoms with Gasteiger partial charge in [-0.2, -0.15) is 5.26 Å². The normalized spacial score (nSPS) is 12.9. The predicted octanol–water partition coefficient (Wildman–Crippen LogP) is -0.692. The Morgan fingerprint density at radius 1 is 1.33 bits per heavy atom. The lowest BCUT2D eigenvalue weighted by atomic mass is 10.1. The third kappa shape index (κ3) is 3.60. The molecule has 3 N–H and O–H groups in total. The highest BCUT2D eigenvalue weighted by atomic mass is 32.1. The number of carbonyl (C=O) groups excluding carboxylic acids is 2. The number of likely N-dealkylation sites (N-methyl/N-ethyl adjacent to an activating group) is 1. The summed E-state index contributed by atoms with van der Waals surface area (Å²) in [6.45, 7) is 1.19. The van der Waals surface area contributed by atoms with Crippen molar-refractivity contribution in [3.05, 3.63) is 16.0 Å². The zero-order valence-corrected chi connectivity index (χ0v) is 13.0. The van der Waals surface area contributed by atoms with Gasteiger partial charge in [-0.3, -0.25) is 9.59 Å². The number of thiophene rings is 1. The smallest absolute Gasteiger partial charge is 0.314 e. The highest BCUT2D eigenvalue weighted by molar-refractivity contribution is 7.16. The minimum absolute atomic E-state index is 0.445. The van der Waals surface area contributed by atoms with Gasteiger partial charge in [-0.15, -0.1) is 11.3 Å². The van der Waals surface area contributed by atoms with Crippen LogP contribution >= 0.6 is 11.3 Å². The van der Waals surface area contributed by atoms with Crippen LogP contribution in [-0.4, -0.2) is 39.0 Å². The van der Waals surface area contributed by atoms with Gasteiger partial charge < -0.3 is 15.5 Å². The number of amides is 2. The van der Waals surface area contributed by atoms with E-state index in [-0.39, 0.29) is 0 Å². The first-order valence-corrected chi connectivity index (χ1v) is 7.77. The van der Waals surface area contributed by atoms with Crippen LogP contribution in [0.15, 0.2) is 0 Å². The summed E-state index contributed by atoms with van der Waals surface area (Å²) in [7, 11) is 3.94. The van der Waals surface area contributed by atoms with Crippen molar-refractivity contribution in [1.29, 1.82) is 5.26 Å². The topological polar surface area (TPSA) is 86.4 Å². The van der Waals surface area contributed by atoms with Gasteiger partial charge in [0.1, 0.15) is 11.1 Å². The fourth-order valence-corrected chi connectivity index (χ4v) is 3.51. The number of fused-ring (bicyclic) bond motifs is 1. The Morgan fingerprint density at radius 3 is 2.76 bits per heavy atom. The molecule has 6 nitrogen and oxygen atoms in total. The Balaban J connectivity index is 1.97. The van der Waals surface area contributed by atoms with E-state index in [9.17, 15) is 14.9 Å². The van der Waals surface area contributed by atoms with Gasteiger partial charge in [0, 0.05) is 4.88 Å². The summed E-state index contributed by atoms with van der Waals surface area (Å²) >= 11 is 1.41. The molecule has 1 heterocycles. The molecule has 0 bridgehead atoms. The van der Waals surface area contributed by atoms with Gasteiger partial charge in [0.05, 0.1) is 32.7 Å². The highest BCUT2D eigenvalue weighted by Gasteiger charge is 2.24. The molecule has 0 saturated heterocycles. The first-order valence-electron chi connectivity index (χ1n) is 6.95. The molecule has 0 radical (unpaired) electrons. The van der Waals surface area contributed by atoms with Crippen molar-refractivity contribution in [3.63, 3.8) is 0 Å². The number of anilines is 1. The minimum Gasteiger partial charge on any atom is -0.342 e. The van der Waals surface area contributed by atoms with E-state index < -0.39 is 11.8 Å². The minimum atomic E-state index is -0.708. The van der Waals surface area contributed by atoms with Gasteiger partial charge in [-0.1, -0.05) is 0 Å². The van der Waals surface area contributed by atoms with Crippen LogP contribution in [-0.2, 0) is 22.4 Å². The quantitative estimate of drug-likeness (QED) is 0.644. The molecular formula is C14H19N4O2S+. The second kappa shape index (κ2) is 6.70. The van der Waals surface area contributed by atoms with Crippen LogP contribution < -0.4 is 15.5 Å². The molecule has 2 amide bonds. The van der Waals surface area contributed by atoms with Crippen LogP contribution in [0.1, 0.15) is 22.4 Å². The fraction of sp³-hybridized carbons (Fsp3) is 0.500. The molecule has 2 rings (SSSR count). The maximum Gasteiger partial charge on any atom is 0.314 e. The average molecular weight is 307 g/mol. The Kier molecular flexibility index (Phi) is 4.94. The van der Waals surface area contributed by atoms with Crippen molar-refractivity contribution in [3.8, 4) is 6.07 Å². The number of hydrogen-bond acceptors (Lipinski definition) is 4. The molecule has 0 fully saturated rings. The molecule has 1 aromatic rings. The number of nitrogens with zero attached hydrogens (tertiary/aromatic N) is 1. The molecule has 1 aromatic heterocycles. The maximum absolute atomic E-state index is 11.9. The molecule has 0 aromatic carbocycles. The van der Waals surface area contributed by atoms with Gasteiger partial charge in [-0.25, -0.2) is 0 Å². The van der Waals surface area contributed by atoms with E-state index in [2.05, 4.69) is 16.7 Å². The number of quaternary nitrogens is 1. The summed E-state index contributed by atoms with van der Waals surface area (Å²) in [5.41, 5.74) is 1.56. The first-order chi connectivity index (χ1) is 10.0. The number of aryl methyl sites for hydroxylation is 1. The standard InChI is InChI=1S/C14H18N4O2S/c1-18(2)7-6-16-12(19)13(20)17-14-10(8-15)9-4-3-5-11(9)21-14/h3-7H2,1-2H3,(H,16,19)(H,17,20)/p+1. The van der Waals surface area contributed by atoms with Crippen LogP contribution in [0, 0.1) is 11.3 Å². The molecule has 0 unspecified atom stereocenters. The number of nitrogens with one attached hydrogen (secondary N) is 3. The second-order valence-electron chi connectivity index (χ2n) is 5.34. The molecule has 0 atom stereocenters. The summed E-state index contributed by atoms with van der Waals surface area (Å²) in [6.07, 6.45) is 2.88. The summed E-state index contributed by atoms with van der Waals surface area (Å²) < 4.78 is 0. The molecule has 21 heavy (non-hydrogen) atoms. The van der Waals surface area contributed by atoms with E-state index in [0.717, 1.165) is 36.2 Å². The monoisotopic (exact) mass is 307 g/mol. The Morgan fingerprint density at radius 2 is 2.10 bits per heavy atom. The number of carbonyl (C=O) groups is 2. The molecule has 1 aliphatic rings. The van der Waals surface area contributed by atoms with Crippen molar-refractivity contribution in [1.82, 2.24) is 5.32 Å². The number of hydrogen-bond donors (Lipinski definition) is 3. The lowest BCUT2D eigenvalue weighted by molar-refractivity contribution is -0.856. The van der Waals surface area contributed by atoms with Gasteiger partial charge in [0.2, 0.25) is 0 Å². The van der Waals surface area contributed by atoms with E-state index in [1.807, 2.05) is 14.1 Å². The molecule has 0 saturated carbocycles. The van der Waals surface area contributed by atoms with Gasteiger partial charge >= 0.3 is 11.8 Å². The van der Waals surface area contributed by atoms with Crippen LogP contribution in [0.2, 0.25) is 0 Å². The van der Waals surface area contributed by atoms with Crippen LogP contribution in [0.4, 0.5) is 5.00 Å². The van der Waals surface area contributed by atoms with Crippen molar-refractivity contribution >= 4 is 28.2 Å². The van der Waals surface area contributed by atoms with Crippen LogP contribution in [0.5, 0.6) is 0 Å². The van der Waals surface area contributed by atoms with E-state index in [1.54, 1.807) is 0 Å². The van der Waals surface area contributed by atoms with E-state index >= 15 is 0 Å². The largest absolute Gasteiger partial charge is 0.342 e. The second-order valence-corrected chi connectivity index (χ2v) is 6.45. The predicted molar refractivity (Wildman–Crippen MR) is 80.4 cm³/mol. The first kappa shape index (κ1) is 15.5. The van der Waals surface area contributed by atoms with Crippen molar-refractivity contribution < 1.29 is 14.5 Å². The molecule has 0 aliphatic heterocycles. The fourth-order valence-electron chi connectivity index (χ4n) is 2.28. The van der Waals surface area contributed by atoms with Gasteiger partial charge in [-0.05, 0) is 24.8 Å². The molecular weight excluding hydrogens is 288 g/mol. The SMILES string of the molecule is C[NH+](C)CCNC(=O)C(=O)Nc1sc2c(c1C#N)CCC2. The zero-order chi connectivity index (χ0) is 15.4. The summed E-state index contributed by atoms with van der Waals surface area (Å²) in [5, 5.41) is 14.9. The summed E-state index contributed by atoms with van der Waals surface area (Å²) in [6, 6.07) is 2.14. The average Bonchev–Trinajstić information content (AvgIpc) is 2.98. The Hall–Kier alpha value is -1.91. The van der Waals surface area contributed by atoms with Gasteiger partial charge in [0.25, 0.3) is 0 Å². The summed E-state index contributed by atoms with van der Waals surface area (Å²) in [4.78, 5) is 25.9. The Bertz CT molecular complexity index is 601. The highest BCUT2D eigenvalue weighted by Crippen LogP contribution is 2.38. The van der Waals surface area contributed by atoms with Crippen LogP contribution in [0.25, 0.3) is 0 Å². The lowest BCUT2D eigenvalue weighted by Crippen LogP contribution is -3.06. The zero-order valence-electron chi connectivity index (χ0n) is 12.2.